The molecular formula is C10H15N3O. The zero-order valence-corrected chi connectivity index (χ0v) is 8.11. The third-order valence-electron chi connectivity index (χ3n) is 2.72. The monoisotopic (exact) mass is 193 g/mol. The van der Waals surface area contributed by atoms with E-state index >= 15 is 0 Å². The molecule has 1 aliphatic carbocycles. The Kier molecular flexibility index (Phi) is 2.63. The van der Waals surface area contributed by atoms with Gasteiger partial charge in [-0.25, -0.2) is 9.97 Å². The van der Waals surface area contributed by atoms with Crippen molar-refractivity contribution in [1.82, 2.24) is 9.97 Å². The molecule has 0 atom stereocenters. The van der Waals surface area contributed by atoms with Gasteiger partial charge in [0.1, 0.15) is 0 Å². The summed E-state index contributed by atoms with van der Waals surface area (Å²) >= 11 is 0. The van der Waals surface area contributed by atoms with Gasteiger partial charge in [0.05, 0.1) is 5.60 Å². The van der Waals surface area contributed by atoms with Crippen LogP contribution in [-0.2, 0) is 0 Å². The van der Waals surface area contributed by atoms with Crippen molar-refractivity contribution in [2.24, 2.45) is 0 Å². The Morgan fingerprint density at radius 3 is 2.64 bits per heavy atom. The molecule has 0 aromatic carbocycles. The van der Waals surface area contributed by atoms with Gasteiger partial charge in [-0.2, -0.15) is 0 Å². The summed E-state index contributed by atoms with van der Waals surface area (Å²) < 4.78 is 0. The lowest BCUT2D eigenvalue weighted by molar-refractivity contribution is -0.0370. The van der Waals surface area contributed by atoms with Gasteiger partial charge in [0, 0.05) is 18.9 Å². The summed E-state index contributed by atoms with van der Waals surface area (Å²) in [7, 11) is 0. The van der Waals surface area contributed by atoms with E-state index in [0.717, 1.165) is 32.2 Å². The molecule has 0 amide bonds. The van der Waals surface area contributed by atoms with E-state index in [1.165, 1.54) is 0 Å². The Morgan fingerprint density at radius 2 is 2.07 bits per heavy atom. The third-order valence-corrected chi connectivity index (χ3v) is 2.72. The molecule has 0 spiro atoms. The first-order valence-electron chi connectivity index (χ1n) is 5.02. The van der Waals surface area contributed by atoms with Crippen LogP contribution in [0, 0.1) is 0 Å². The molecule has 4 heteroatoms. The van der Waals surface area contributed by atoms with Crippen LogP contribution in [0.2, 0.25) is 0 Å². The first-order valence-corrected chi connectivity index (χ1v) is 5.02. The fourth-order valence-corrected chi connectivity index (χ4v) is 1.63. The molecule has 1 aromatic heterocycles. The second-order valence-electron chi connectivity index (χ2n) is 3.83. The first kappa shape index (κ1) is 9.40. The second kappa shape index (κ2) is 3.92. The van der Waals surface area contributed by atoms with Gasteiger partial charge in [-0.05, 0) is 31.7 Å². The predicted octanol–water partition coefficient (Wildman–Crippen LogP) is 1.19. The van der Waals surface area contributed by atoms with Crippen LogP contribution in [0.4, 0.5) is 5.95 Å². The van der Waals surface area contributed by atoms with Crippen molar-refractivity contribution in [3.63, 3.8) is 0 Å². The van der Waals surface area contributed by atoms with Gasteiger partial charge in [-0.1, -0.05) is 0 Å². The molecule has 1 saturated carbocycles. The largest absolute Gasteiger partial charge is 0.390 e. The first-order chi connectivity index (χ1) is 6.79. The van der Waals surface area contributed by atoms with E-state index in [4.69, 9.17) is 0 Å². The number of nitrogens with zero attached hydrogens (tertiary/aromatic N) is 2. The lowest BCUT2D eigenvalue weighted by atomic mass is 9.78. The molecule has 1 heterocycles. The highest BCUT2D eigenvalue weighted by molar-refractivity contribution is 5.21. The zero-order chi connectivity index (χ0) is 9.86. The van der Waals surface area contributed by atoms with Crippen LogP contribution in [0.3, 0.4) is 0 Å². The van der Waals surface area contributed by atoms with Crippen molar-refractivity contribution in [2.75, 3.05) is 11.9 Å². The SMILES string of the molecule is OC1(CCNc2ncccn2)CCC1. The fourth-order valence-electron chi connectivity index (χ4n) is 1.63. The van der Waals surface area contributed by atoms with E-state index in [-0.39, 0.29) is 0 Å². The summed E-state index contributed by atoms with van der Waals surface area (Å²) in [4.78, 5) is 8.08. The average Bonchev–Trinajstić information content (AvgIpc) is 2.17. The lowest BCUT2D eigenvalue weighted by Crippen LogP contribution is -2.38. The van der Waals surface area contributed by atoms with Gasteiger partial charge in [0.25, 0.3) is 0 Å². The van der Waals surface area contributed by atoms with Gasteiger partial charge in [0.15, 0.2) is 0 Å². The molecule has 14 heavy (non-hydrogen) atoms. The van der Waals surface area contributed by atoms with Crippen LogP contribution in [-0.4, -0.2) is 27.2 Å². The van der Waals surface area contributed by atoms with E-state index in [1.54, 1.807) is 18.5 Å². The third kappa shape index (κ3) is 2.20. The van der Waals surface area contributed by atoms with Crippen molar-refractivity contribution < 1.29 is 5.11 Å². The number of aromatic nitrogens is 2. The number of hydrogen-bond donors (Lipinski definition) is 2. The quantitative estimate of drug-likeness (QED) is 0.754. The smallest absolute Gasteiger partial charge is 0.222 e. The van der Waals surface area contributed by atoms with Crippen molar-refractivity contribution in [2.45, 2.75) is 31.3 Å². The van der Waals surface area contributed by atoms with Gasteiger partial charge in [-0.3, -0.25) is 0 Å². The topological polar surface area (TPSA) is 58.0 Å². The minimum absolute atomic E-state index is 0.415. The summed E-state index contributed by atoms with van der Waals surface area (Å²) in [5.74, 6) is 0.635. The van der Waals surface area contributed by atoms with Crippen LogP contribution < -0.4 is 5.32 Å². The van der Waals surface area contributed by atoms with Crippen LogP contribution >= 0.6 is 0 Å². The van der Waals surface area contributed by atoms with Gasteiger partial charge < -0.3 is 10.4 Å². The summed E-state index contributed by atoms with van der Waals surface area (Å²) in [5.41, 5.74) is -0.415. The van der Waals surface area contributed by atoms with Crippen LogP contribution in [0.25, 0.3) is 0 Å². The molecule has 1 fully saturated rings. The normalized spacial score (nSPS) is 18.6. The van der Waals surface area contributed by atoms with Gasteiger partial charge >= 0.3 is 0 Å². The van der Waals surface area contributed by atoms with Crippen LogP contribution in [0.1, 0.15) is 25.7 Å². The van der Waals surface area contributed by atoms with E-state index in [9.17, 15) is 5.11 Å². The number of aliphatic hydroxyl groups is 1. The minimum Gasteiger partial charge on any atom is -0.390 e. The molecule has 0 saturated heterocycles. The van der Waals surface area contributed by atoms with Crippen LogP contribution in [0.5, 0.6) is 0 Å². The molecule has 0 aliphatic heterocycles. The van der Waals surface area contributed by atoms with Crippen molar-refractivity contribution in [3.05, 3.63) is 18.5 Å². The fraction of sp³-hybridized carbons (Fsp3) is 0.600. The molecule has 0 unspecified atom stereocenters. The zero-order valence-electron chi connectivity index (χ0n) is 8.11. The number of nitrogens with one attached hydrogen (secondary N) is 1. The maximum atomic E-state index is 9.81. The van der Waals surface area contributed by atoms with E-state index in [1.807, 2.05) is 0 Å². The van der Waals surface area contributed by atoms with E-state index < -0.39 is 5.60 Å². The van der Waals surface area contributed by atoms with E-state index in [0.29, 0.717) is 5.95 Å². The highest BCUT2D eigenvalue weighted by atomic mass is 16.3. The molecule has 1 aliphatic rings. The second-order valence-corrected chi connectivity index (χ2v) is 3.83. The molecule has 0 radical (unpaired) electrons. The standard InChI is InChI=1S/C10H15N3O/c14-10(3-1-4-10)5-8-13-9-11-6-2-7-12-9/h2,6-7,14H,1,3-5,8H2,(H,11,12,13). The molecular weight excluding hydrogens is 178 g/mol. The minimum atomic E-state index is -0.415. The Labute approximate surface area is 83.4 Å². The molecule has 0 bridgehead atoms. The maximum absolute atomic E-state index is 9.81. The number of hydrogen-bond acceptors (Lipinski definition) is 4. The van der Waals surface area contributed by atoms with Crippen molar-refractivity contribution >= 4 is 5.95 Å². The number of anilines is 1. The van der Waals surface area contributed by atoms with Crippen molar-refractivity contribution in [1.29, 1.82) is 0 Å². The predicted molar refractivity (Wildman–Crippen MR) is 53.9 cm³/mol. The summed E-state index contributed by atoms with van der Waals surface area (Å²) in [6.45, 7) is 0.737. The molecule has 4 nitrogen and oxygen atoms in total. The highest BCUT2D eigenvalue weighted by Crippen LogP contribution is 2.34. The Balaban J connectivity index is 1.73. The highest BCUT2D eigenvalue weighted by Gasteiger charge is 2.33. The van der Waals surface area contributed by atoms with Gasteiger partial charge in [0.2, 0.25) is 5.95 Å². The average molecular weight is 193 g/mol. The van der Waals surface area contributed by atoms with Gasteiger partial charge in [-0.15, -0.1) is 0 Å². The molecule has 1 aromatic rings. The maximum Gasteiger partial charge on any atom is 0.222 e. The summed E-state index contributed by atoms with van der Waals surface area (Å²) in [5, 5.41) is 12.9. The molecule has 2 rings (SSSR count). The Bertz CT molecular complexity index is 285. The van der Waals surface area contributed by atoms with E-state index in [2.05, 4.69) is 15.3 Å². The Hall–Kier alpha value is -1.16. The number of rotatable bonds is 4. The summed E-state index contributed by atoms with van der Waals surface area (Å²) in [6, 6.07) is 1.78. The molecule has 2 N–H and O–H groups in total. The van der Waals surface area contributed by atoms with Crippen LogP contribution in [0.15, 0.2) is 18.5 Å². The lowest BCUT2D eigenvalue weighted by Gasteiger charge is -2.36. The van der Waals surface area contributed by atoms with Crippen molar-refractivity contribution in [3.8, 4) is 0 Å². The molecule has 76 valence electrons. The Morgan fingerprint density at radius 1 is 1.36 bits per heavy atom. The summed E-state index contributed by atoms with van der Waals surface area (Å²) in [6.07, 6.45) is 7.21.